The van der Waals surface area contributed by atoms with Gasteiger partial charge < -0.3 is 4.90 Å². The van der Waals surface area contributed by atoms with E-state index in [4.69, 9.17) is 0 Å². The predicted octanol–water partition coefficient (Wildman–Crippen LogP) is 14.8. The molecule has 1 heteroatoms. The Kier molecular flexibility index (Phi) is 7.55. The second-order valence-corrected chi connectivity index (χ2v) is 13.8. The van der Waals surface area contributed by atoms with Crippen molar-refractivity contribution in [1.82, 2.24) is 0 Å². The number of hydrogen-bond acceptors (Lipinski definition) is 1. The molecular weight excluding hydrogens is 639 g/mol. The predicted molar refractivity (Wildman–Crippen MR) is 227 cm³/mol. The van der Waals surface area contributed by atoms with Crippen LogP contribution >= 0.6 is 0 Å². The molecule has 0 heterocycles. The minimum Gasteiger partial charge on any atom is -0.310 e. The Balaban J connectivity index is 1.08. The Bertz CT molecular complexity index is 2940. The first-order valence-corrected chi connectivity index (χ1v) is 18.2. The average Bonchev–Trinajstić information content (AvgIpc) is 3.24. The zero-order chi connectivity index (χ0) is 35.1. The Morgan fingerprint density at radius 2 is 0.585 bits per heavy atom. The zero-order valence-corrected chi connectivity index (χ0v) is 29.2. The smallest absolute Gasteiger partial charge is 0.0467 e. The number of nitrogens with zero attached hydrogens (tertiary/aromatic N) is 1. The topological polar surface area (TPSA) is 3.24 Å². The van der Waals surface area contributed by atoms with Crippen LogP contribution in [0, 0.1) is 0 Å². The molecule has 0 bridgehead atoms. The lowest BCUT2D eigenvalue weighted by Crippen LogP contribution is -2.10. The summed E-state index contributed by atoms with van der Waals surface area (Å²) < 4.78 is 0. The number of hydrogen-bond donors (Lipinski definition) is 0. The molecule has 0 radical (unpaired) electrons. The van der Waals surface area contributed by atoms with Crippen LogP contribution in [0.1, 0.15) is 0 Å². The second kappa shape index (κ2) is 13.0. The third kappa shape index (κ3) is 5.69. The van der Waals surface area contributed by atoms with E-state index in [0.717, 1.165) is 17.1 Å². The summed E-state index contributed by atoms with van der Waals surface area (Å²) in [4.78, 5) is 2.38. The van der Waals surface area contributed by atoms with Crippen molar-refractivity contribution in [2.45, 2.75) is 0 Å². The van der Waals surface area contributed by atoms with E-state index in [9.17, 15) is 0 Å². The maximum absolute atomic E-state index is 2.38. The van der Waals surface area contributed by atoms with Crippen LogP contribution in [0.4, 0.5) is 17.1 Å². The van der Waals surface area contributed by atoms with E-state index in [2.05, 4.69) is 217 Å². The summed E-state index contributed by atoms with van der Waals surface area (Å²) in [7, 11) is 0. The van der Waals surface area contributed by atoms with Crippen molar-refractivity contribution in [3.63, 3.8) is 0 Å². The van der Waals surface area contributed by atoms with E-state index in [1.54, 1.807) is 0 Å². The Hall–Kier alpha value is -6.96. The van der Waals surface area contributed by atoms with Crippen LogP contribution in [0.3, 0.4) is 0 Å². The fraction of sp³-hybridized carbons (Fsp3) is 0. The van der Waals surface area contributed by atoms with E-state index < -0.39 is 0 Å². The van der Waals surface area contributed by atoms with Gasteiger partial charge in [0.15, 0.2) is 0 Å². The number of benzene rings is 10. The van der Waals surface area contributed by atoms with Gasteiger partial charge in [-0.3, -0.25) is 0 Å². The van der Waals surface area contributed by atoms with E-state index in [0.29, 0.717) is 0 Å². The van der Waals surface area contributed by atoms with Gasteiger partial charge in [-0.1, -0.05) is 164 Å². The molecule has 10 aromatic rings. The van der Waals surface area contributed by atoms with Crippen LogP contribution < -0.4 is 4.90 Å². The molecule has 10 aromatic carbocycles. The maximum Gasteiger partial charge on any atom is 0.0467 e. The average molecular weight is 674 g/mol. The van der Waals surface area contributed by atoms with Gasteiger partial charge in [-0.25, -0.2) is 0 Å². The highest BCUT2D eigenvalue weighted by molar-refractivity contribution is 6.10. The van der Waals surface area contributed by atoms with Crippen molar-refractivity contribution in [3.05, 3.63) is 212 Å². The standard InChI is InChI=1S/C52H35N/c1-2-10-36(11-3-1)42-14-8-16-47(32-42)53(46-30-28-37(29-31-46)44-26-24-40-22-20-38-12-4-6-18-49(38)51(40)34-44)48-17-9-15-43(33-48)45-27-25-41-23-21-39-13-5-7-19-50(39)52(41)35-45/h1-35H. The molecule has 1 nitrogen and oxygen atoms in total. The minimum atomic E-state index is 1.10. The quantitative estimate of drug-likeness (QED) is 0.159. The Morgan fingerprint density at radius 1 is 0.208 bits per heavy atom. The maximum atomic E-state index is 2.38. The largest absolute Gasteiger partial charge is 0.310 e. The summed E-state index contributed by atoms with van der Waals surface area (Å²) in [5.41, 5.74) is 10.5. The van der Waals surface area contributed by atoms with Gasteiger partial charge in [-0.2, -0.15) is 0 Å². The molecule has 0 atom stereocenters. The fourth-order valence-electron chi connectivity index (χ4n) is 7.89. The third-order valence-electron chi connectivity index (χ3n) is 10.6. The van der Waals surface area contributed by atoms with Gasteiger partial charge >= 0.3 is 0 Å². The SMILES string of the molecule is c1ccc(-c2cccc(N(c3ccc(-c4ccc5ccc6ccccc6c5c4)cc3)c3cccc(-c4ccc5ccc6ccccc6c5c4)c3)c2)cc1. The molecule has 0 aliphatic heterocycles. The van der Waals surface area contributed by atoms with Gasteiger partial charge in [-0.15, -0.1) is 0 Å². The lowest BCUT2D eigenvalue weighted by molar-refractivity contribution is 1.28. The molecule has 0 saturated carbocycles. The monoisotopic (exact) mass is 673 g/mol. The van der Waals surface area contributed by atoms with Crippen molar-refractivity contribution in [1.29, 1.82) is 0 Å². The van der Waals surface area contributed by atoms with E-state index in [-0.39, 0.29) is 0 Å². The molecule has 0 aromatic heterocycles. The van der Waals surface area contributed by atoms with Crippen molar-refractivity contribution >= 4 is 60.2 Å². The first kappa shape index (κ1) is 30.8. The molecule has 0 amide bonds. The molecule has 10 rings (SSSR count). The minimum absolute atomic E-state index is 1.10. The summed E-state index contributed by atoms with van der Waals surface area (Å²) >= 11 is 0. The Labute approximate surface area is 309 Å². The summed E-state index contributed by atoms with van der Waals surface area (Å²) in [6.07, 6.45) is 0. The second-order valence-electron chi connectivity index (χ2n) is 13.8. The van der Waals surface area contributed by atoms with Crippen molar-refractivity contribution in [2.75, 3.05) is 4.90 Å². The van der Waals surface area contributed by atoms with Gasteiger partial charge in [0.1, 0.15) is 0 Å². The zero-order valence-electron chi connectivity index (χ0n) is 29.2. The number of fused-ring (bicyclic) bond motifs is 6. The molecule has 248 valence electrons. The van der Waals surface area contributed by atoms with Crippen molar-refractivity contribution in [3.8, 4) is 33.4 Å². The number of rotatable bonds is 6. The molecular formula is C52H35N. The molecule has 0 saturated heterocycles. The van der Waals surface area contributed by atoms with Gasteiger partial charge in [0.05, 0.1) is 0 Å². The van der Waals surface area contributed by atoms with Crippen LogP contribution in [0.5, 0.6) is 0 Å². The van der Waals surface area contributed by atoms with Gasteiger partial charge in [-0.05, 0) is 125 Å². The molecule has 0 aliphatic carbocycles. The number of anilines is 3. The normalized spacial score (nSPS) is 11.4. The summed E-state index contributed by atoms with van der Waals surface area (Å²) in [5.74, 6) is 0. The van der Waals surface area contributed by atoms with Gasteiger partial charge in [0.25, 0.3) is 0 Å². The van der Waals surface area contributed by atoms with Crippen molar-refractivity contribution < 1.29 is 0 Å². The van der Waals surface area contributed by atoms with Gasteiger partial charge in [0, 0.05) is 17.1 Å². The highest BCUT2D eigenvalue weighted by Crippen LogP contribution is 2.40. The van der Waals surface area contributed by atoms with Crippen LogP contribution in [0.2, 0.25) is 0 Å². The van der Waals surface area contributed by atoms with E-state index in [1.165, 1.54) is 76.5 Å². The van der Waals surface area contributed by atoms with E-state index in [1.807, 2.05) is 0 Å². The highest BCUT2D eigenvalue weighted by atomic mass is 15.1. The molecule has 0 aliphatic rings. The lowest BCUT2D eigenvalue weighted by Gasteiger charge is -2.27. The first-order valence-electron chi connectivity index (χ1n) is 18.2. The third-order valence-corrected chi connectivity index (χ3v) is 10.6. The first-order chi connectivity index (χ1) is 26.2. The highest BCUT2D eigenvalue weighted by Gasteiger charge is 2.16. The molecule has 0 fully saturated rings. The molecule has 0 unspecified atom stereocenters. The molecule has 0 N–H and O–H groups in total. The van der Waals surface area contributed by atoms with Crippen LogP contribution in [-0.2, 0) is 0 Å². The van der Waals surface area contributed by atoms with Crippen LogP contribution in [0.25, 0.3) is 76.5 Å². The van der Waals surface area contributed by atoms with Gasteiger partial charge in [0.2, 0.25) is 0 Å². The molecule has 0 spiro atoms. The summed E-state index contributed by atoms with van der Waals surface area (Å²) in [6, 6.07) is 77.3. The fourth-order valence-corrected chi connectivity index (χ4v) is 7.89. The summed E-state index contributed by atoms with van der Waals surface area (Å²) in [5, 5.41) is 10.2. The van der Waals surface area contributed by atoms with Crippen LogP contribution in [0.15, 0.2) is 212 Å². The lowest BCUT2D eigenvalue weighted by atomic mass is 9.96. The Morgan fingerprint density at radius 3 is 1.15 bits per heavy atom. The van der Waals surface area contributed by atoms with E-state index >= 15 is 0 Å². The molecule has 53 heavy (non-hydrogen) atoms. The van der Waals surface area contributed by atoms with Crippen LogP contribution in [-0.4, -0.2) is 0 Å². The van der Waals surface area contributed by atoms with Crippen molar-refractivity contribution in [2.24, 2.45) is 0 Å². The summed E-state index contributed by atoms with van der Waals surface area (Å²) in [6.45, 7) is 0.